The van der Waals surface area contributed by atoms with Crippen LogP contribution in [0.25, 0.3) is 10.2 Å². The average Bonchev–Trinajstić information content (AvgIpc) is 3.02. The molecule has 0 aliphatic heterocycles. The molecule has 0 atom stereocenters. The van der Waals surface area contributed by atoms with Gasteiger partial charge in [-0.3, -0.25) is 14.9 Å². The number of thiazole rings is 1. The van der Waals surface area contributed by atoms with Crippen LogP contribution in [0.4, 0.5) is 5.13 Å². The van der Waals surface area contributed by atoms with Gasteiger partial charge in [0.2, 0.25) is 0 Å². The van der Waals surface area contributed by atoms with E-state index in [1.165, 1.54) is 11.3 Å². The van der Waals surface area contributed by atoms with Crippen LogP contribution in [-0.2, 0) is 20.7 Å². The minimum Gasteiger partial charge on any atom is -0.497 e. The number of nitrogens with zero attached hydrogens (tertiary/aromatic N) is 1. The Morgan fingerprint density at radius 1 is 1.16 bits per heavy atom. The van der Waals surface area contributed by atoms with Crippen LogP contribution in [0, 0.1) is 0 Å². The third kappa shape index (κ3) is 4.54. The van der Waals surface area contributed by atoms with Crippen molar-refractivity contribution in [3.8, 4) is 5.75 Å². The Labute approximate surface area is 148 Å². The van der Waals surface area contributed by atoms with Crippen molar-refractivity contribution >= 4 is 38.6 Å². The summed E-state index contributed by atoms with van der Waals surface area (Å²) in [6.07, 6.45) is 0.134. The van der Waals surface area contributed by atoms with Crippen LogP contribution in [0.5, 0.6) is 5.75 Å². The summed E-state index contributed by atoms with van der Waals surface area (Å²) in [4.78, 5) is 28.0. The van der Waals surface area contributed by atoms with Gasteiger partial charge in [-0.05, 0) is 23.8 Å². The molecule has 25 heavy (non-hydrogen) atoms. The van der Waals surface area contributed by atoms with E-state index in [9.17, 15) is 9.59 Å². The summed E-state index contributed by atoms with van der Waals surface area (Å²) < 4.78 is 11.1. The van der Waals surface area contributed by atoms with E-state index in [-0.39, 0.29) is 13.0 Å². The van der Waals surface area contributed by atoms with Crippen LogP contribution in [0.1, 0.15) is 5.56 Å². The zero-order valence-corrected chi connectivity index (χ0v) is 14.3. The highest BCUT2D eigenvalue weighted by atomic mass is 32.1. The van der Waals surface area contributed by atoms with Gasteiger partial charge in [0.15, 0.2) is 11.7 Å². The molecule has 6 nitrogen and oxygen atoms in total. The number of hydrogen-bond acceptors (Lipinski definition) is 6. The van der Waals surface area contributed by atoms with Crippen LogP contribution < -0.4 is 10.1 Å². The fourth-order valence-corrected chi connectivity index (χ4v) is 3.11. The van der Waals surface area contributed by atoms with E-state index < -0.39 is 11.9 Å². The van der Waals surface area contributed by atoms with Gasteiger partial charge in [-0.2, -0.15) is 0 Å². The van der Waals surface area contributed by atoms with Crippen LogP contribution in [0.15, 0.2) is 48.5 Å². The first-order valence-corrected chi connectivity index (χ1v) is 8.39. The zero-order valence-electron chi connectivity index (χ0n) is 13.5. The van der Waals surface area contributed by atoms with Crippen LogP contribution in [-0.4, -0.2) is 30.6 Å². The Morgan fingerprint density at radius 3 is 2.72 bits per heavy atom. The van der Waals surface area contributed by atoms with E-state index in [2.05, 4.69) is 10.3 Å². The predicted octanol–water partition coefficient (Wildman–Crippen LogP) is 3.03. The molecule has 1 N–H and O–H groups in total. The second-order valence-corrected chi connectivity index (χ2v) is 6.25. The molecule has 0 saturated heterocycles. The maximum atomic E-state index is 11.9. The first-order chi connectivity index (χ1) is 12.1. The highest BCUT2D eigenvalue weighted by Crippen LogP contribution is 2.29. The number of rotatable bonds is 6. The molecular formula is C18H16N2O4S. The van der Waals surface area contributed by atoms with E-state index in [1.807, 2.05) is 42.5 Å². The Hall–Kier alpha value is -2.93. The van der Waals surface area contributed by atoms with Gasteiger partial charge >= 0.3 is 5.97 Å². The molecule has 0 radical (unpaired) electrons. The molecule has 1 heterocycles. The van der Waals surface area contributed by atoms with Gasteiger partial charge in [0.25, 0.3) is 5.91 Å². The number of methoxy groups -OCH3 is 1. The summed E-state index contributed by atoms with van der Waals surface area (Å²) in [5.74, 6) is -0.147. The topological polar surface area (TPSA) is 77.5 Å². The number of hydrogen-bond donors (Lipinski definition) is 1. The maximum Gasteiger partial charge on any atom is 0.310 e. The molecule has 0 fully saturated rings. The van der Waals surface area contributed by atoms with Crippen LogP contribution >= 0.6 is 11.3 Å². The summed E-state index contributed by atoms with van der Waals surface area (Å²) in [7, 11) is 1.59. The number of aromatic nitrogens is 1. The second-order valence-electron chi connectivity index (χ2n) is 5.22. The third-order valence-corrected chi connectivity index (χ3v) is 4.33. The molecule has 0 unspecified atom stereocenters. The molecule has 0 spiro atoms. The van der Waals surface area contributed by atoms with Crippen molar-refractivity contribution in [3.05, 3.63) is 54.1 Å². The van der Waals surface area contributed by atoms with E-state index in [4.69, 9.17) is 9.47 Å². The molecule has 2 aromatic carbocycles. The third-order valence-electron chi connectivity index (χ3n) is 3.40. The highest BCUT2D eigenvalue weighted by Gasteiger charge is 2.11. The molecule has 0 bridgehead atoms. The Balaban J connectivity index is 1.53. The lowest BCUT2D eigenvalue weighted by Crippen LogP contribution is -2.21. The first kappa shape index (κ1) is 16.9. The molecule has 128 valence electrons. The summed E-state index contributed by atoms with van der Waals surface area (Å²) in [6, 6.07) is 14.7. The van der Waals surface area contributed by atoms with Gasteiger partial charge in [-0.1, -0.05) is 41.7 Å². The number of benzene rings is 2. The summed E-state index contributed by atoms with van der Waals surface area (Å²) >= 11 is 1.33. The van der Waals surface area contributed by atoms with Crippen molar-refractivity contribution in [2.24, 2.45) is 0 Å². The molecule has 3 aromatic rings. The lowest BCUT2D eigenvalue weighted by Gasteiger charge is -2.04. The van der Waals surface area contributed by atoms with Crippen LogP contribution in [0.2, 0.25) is 0 Å². The predicted molar refractivity (Wildman–Crippen MR) is 95.9 cm³/mol. The number of amides is 1. The van der Waals surface area contributed by atoms with Crippen molar-refractivity contribution in [2.75, 3.05) is 19.0 Å². The molecule has 3 rings (SSSR count). The van der Waals surface area contributed by atoms with Crippen molar-refractivity contribution in [1.82, 2.24) is 4.98 Å². The average molecular weight is 356 g/mol. The van der Waals surface area contributed by atoms with E-state index >= 15 is 0 Å². The van der Waals surface area contributed by atoms with E-state index in [0.29, 0.717) is 5.13 Å². The van der Waals surface area contributed by atoms with Gasteiger partial charge in [-0.25, -0.2) is 4.98 Å². The van der Waals surface area contributed by atoms with Crippen molar-refractivity contribution in [1.29, 1.82) is 0 Å². The Kier molecular flexibility index (Phi) is 5.25. The maximum absolute atomic E-state index is 11.9. The fourth-order valence-electron chi connectivity index (χ4n) is 2.20. The molecule has 0 saturated carbocycles. The first-order valence-electron chi connectivity index (χ1n) is 7.58. The number of esters is 1. The van der Waals surface area contributed by atoms with E-state index in [0.717, 1.165) is 21.5 Å². The van der Waals surface area contributed by atoms with Gasteiger partial charge in [0.05, 0.1) is 23.7 Å². The number of carbonyl (C=O) groups excluding carboxylic acids is 2. The normalized spacial score (nSPS) is 10.4. The van der Waals surface area contributed by atoms with Crippen molar-refractivity contribution < 1.29 is 19.1 Å². The number of nitrogens with one attached hydrogen (secondary N) is 1. The number of anilines is 1. The largest absolute Gasteiger partial charge is 0.497 e. The minimum absolute atomic E-state index is 0.134. The lowest BCUT2D eigenvalue weighted by molar-refractivity contribution is -0.146. The number of ether oxygens (including phenoxy) is 2. The van der Waals surface area contributed by atoms with E-state index in [1.54, 1.807) is 13.2 Å². The standard InChI is InChI=1S/C18H16N2O4S/c1-23-13-7-8-14-15(10-13)25-18(19-14)20-16(21)11-24-17(22)9-12-5-3-2-4-6-12/h2-8,10H,9,11H2,1H3,(H,19,20,21). The Bertz CT molecular complexity index is 892. The molecule has 7 heteroatoms. The Morgan fingerprint density at radius 2 is 1.96 bits per heavy atom. The van der Waals surface area contributed by atoms with Crippen molar-refractivity contribution in [3.63, 3.8) is 0 Å². The highest BCUT2D eigenvalue weighted by molar-refractivity contribution is 7.22. The number of fused-ring (bicyclic) bond motifs is 1. The summed E-state index contributed by atoms with van der Waals surface area (Å²) in [6.45, 7) is -0.342. The SMILES string of the molecule is COc1ccc2nc(NC(=O)COC(=O)Cc3ccccc3)sc2c1. The van der Waals surface area contributed by atoms with Gasteiger partial charge in [-0.15, -0.1) is 0 Å². The second kappa shape index (κ2) is 7.76. The molecule has 1 aromatic heterocycles. The summed E-state index contributed by atoms with van der Waals surface area (Å²) in [5, 5.41) is 3.09. The number of carbonyl (C=O) groups is 2. The molecule has 0 aliphatic rings. The lowest BCUT2D eigenvalue weighted by atomic mass is 10.2. The quantitative estimate of drug-likeness (QED) is 0.687. The van der Waals surface area contributed by atoms with Crippen molar-refractivity contribution in [2.45, 2.75) is 6.42 Å². The molecule has 1 amide bonds. The van der Waals surface area contributed by atoms with Gasteiger partial charge in [0, 0.05) is 0 Å². The minimum atomic E-state index is -0.449. The van der Waals surface area contributed by atoms with Gasteiger partial charge in [0.1, 0.15) is 5.75 Å². The molecule has 0 aliphatic carbocycles. The zero-order chi connectivity index (χ0) is 17.6. The monoisotopic (exact) mass is 356 g/mol. The van der Waals surface area contributed by atoms with Crippen LogP contribution in [0.3, 0.4) is 0 Å². The molecular weight excluding hydrogens is 340 g/mol. The van der Waals surface area contributed by atoms with Gasteiger partial charge < -0.3 is 9.47 Å². The fraction of sp³-hybridized carbons (Fsp3) is 0.167. The smallest absolute Gasteiger partial charge is 0.310 e. The summed E-state index contributed by atoms with van der Waals surface area (Å²) in [5.41, 5.74) is 1.61.